The van der Waals surface area contributed by atoms with E-state index in [4.69, 9.17) is 18.5 Å². The van der Waals surface area contributed by atoms with E-state index in [1.165, 1.54) is 6.92 Å². The molecule has 1 aromatic carbocycles. The first kappa shape index (κ1) is 27.2. The maximum atomic E-state index is 13.9. The van der Waals surface area contributed by atoms with Crippen LogP contribution in [0.25, 0.3) is 0 Å². The van der Waals surface area contributed by atoms with Crippen LogP contribution in [0.4, 0.5) is 4.39 Å². The predicted molar refractivity (Wildman–Crippen MR) is 127 cm³/mol. The number of carbonyl (C=O) groups excluding carboxylic acids is 1. The highest BCUT2D eigenvalue weighted by molar-refractivity contribution is 7.52. The molecule has 1 saturated heterocycles. The molecular formula is C23H29FN3O9P. The monoisotopic (exact) mass is 541 g/mol. The number of hydrogen-bond acceptors (Lipinski definition) is 9. The summed E-state index contributed by atoms with van der Waals surface area (Å²) in [5.74, 6) is -1.65. The van der Waals surface area contributed by atoms with Crippen molar-refractivity contribution < 1.29 is 37.4 Å². The van der Waals surface area contributed by atoms with Crippen LogP contribution in [0.1, 0.15) is 46.3 Å². The lowest BCUT2D eigenvalue weighted by Gasteiger charge is -2.31. The van der Waals surface area contributed by atoms with Gasteiger partial charge in [-0.25, -0.2) is 9.36 Å². The Bertz CT molecular complexity index is 1290. The number of rotatable bonds is 10. The van der Waals surface area contributed by atoms with Gasteiger partial charge in [-0.15, -0.1) is 0 Å². The summed E-state index contributed by atoms with van der Waals surface area (Å²) in [6.07, 6.45) is -2.52. The molecule has 0 unspecified atom stereocenters. The van der Waals surface area contributed by atoms with Gasteiger partial charge in [0.25, 0.3) is 5.56 Å². The maximum absolute atomic E-state index is 13.9. The summed E-state index contributed by atoms with van der Waals surface area (Å²) < 4.78 is 51.3. The zero-order chi connectivity index (χ0) is 27.0. The van der Waals surface area contributed by atoms with Crippen LogP contribution >= 0.6 is 7.75 Å². The van der Waals surface area contributed by atoms with Gasteiger partial charge in [-0.2, -0.15) is 9.48 Å². The number of benzene rings is 1. The zero-order valence-corrected chi connectivity index (χ0v) is 21.4. The molecule has 4 rings (SSSR count). The fourth-order valence-electron chi connectivity index (χ4n) is 4.08. The Hall–Kier alpha value is -2.83. The van der Waals surface area contributed by atoms with Crippen molar-refractivity contribution in [1.82, 2.24) is 14.6 Å². The Labute approximate surface area is 211 Å². The van der Waals surface area contributed by atoms with Crippen molar-refractivity contribution in [2.45, 2.75) is 76.2 Å². The second kappa shape index (κ2) is 10.5. The summed E-state index contributed by atoms with van der Waals surface area (Å²) in [4.78, 5) is 37.8. The molecule has 2 aromatic rings. The Morgan fingerprint density at radius 1 is 1.27 bits per heavy atom. The van der Waals surface area contributed by atoms with Gasteiger partial charge in [-0.05, 0) is 45.7 Å². The van der Waals surface area contributed by atoms with Gasteiger partial charge < -0.3 is 19.1 Å². The Morgan fingerprint density at radius 3 is 2.57 bits per heavy atom. The molecule has 1 saturated carbocycles. The molecule has 37 heavy (non-hydrogen) atoms. The first-order valence-corrected chi connectivity index (χ1v) is 13.3. The third kappa shape index (κ3) is 6.19. The highest BCUT2D eigenvalue weighted by Gasteiger charge is 2.61. The lowest BCUT2D eigenvalue weighted by molar-refractivity contribution is -0.149. The standard InChI is InChI=1S/C23H29FN3O9P/c1-13(2)33-21(30)14(3)26-37(32,35-15-7-5-4-6-8-15)36-23(9-10-23)19-17(28)11-18(34-19)27-12-16(24)20(29)25-22(27)31/h4-8,12-14,17-19,28H,9-11H2,1-3H3,(H,26,32)(H,25,29,31)/t14-,17-,18+,19-,37-/m0/s1. The Balaban J connectivity index is 1.57. The average molecular weight is 541 g/mol. The zero-order valence-electron chi connectivity index (χ0n) is 20.5. The molecule has 202 valence electrons. The first-order valence-electron chi connectivity index (χ1n) is 11.8. The minimum absolute atomic E-state index is 0.116. The lowest BCUT2D eigenvalue weighted by atomic mass is 10.1. The number of aromatic amines is 1. The minimum atomic E-state index is -4.27. The molecule has 2 heterocycles. The highest BCUT2D eigenvalue weighted by atomic mass is 31.2. The second-order valence-electron chi connectivity index (χ2n) is 9.35. The molecule has 0 spiro atoms. The van der Waals surface area contributed by atoms with Crippen LogP contribution in [0.2, 0.25) is 0 Å². The Kier molecular flexibility index (Phi) is 7.72. The largest absolute Gasteiger partial charge is 0.462 e. The first-order chi connectivity index (χ1) is 17.4. The van der Waals surface area contributed by atoms with Crippen molar-refractivity contribution in [3.8, 4) is 5.75 Å². The molecule has 3 N–H and O–H groups in total. The van der Waals surface area contributed by atoms with Crippen LogP contribution in [0.3, 0.4) is 0 Å². The molecule has 14 heteroatoms. The molecule has 12 nitrogen and oxygen atoms in total. The van der Waals surface area contributed by atoms with E-state index in [1.54, 1.807) is 44.2 Å². The minimum Gasteiger partial charge on any atom is -0.462 e. The van der Waals surface area contributed by atoms with Gasteiger partial charge in [0.2, 0.25) is 5.82 Å². The normalized spacial score (nSPS) is 24.9. The summed E-state index contributed by atoms with van der Waals surface area (Å²) in [7, 11) is -4.27. The SMILES string of the molecule is CC(C)OC(=O)[C@H](C)N[P@](=O)(Oc1ccccc1)OC1([C@H]2O[C@@H](n3cc(F)c(=O)[nH]c3=O)C[C@@H]2O)CC1. The van der Waals surface area contributed by atoms with Crippen LogP contribution in [0.15, 0.2) is 46.1 Å². The number of aliphatic hydroxyl groups excluding tert-OH is 1. The smallest absolute Gasteiger partial charge is 0.460 e. The molecule has 2 aliphatic rings. The Morgan fingerprint density at radius 2 is 1.95 bits per heavy atom. The van der Waals surface area contributed by atoms with Crippen LogP contribution < -0.4 is 20.9 Å². The van der Waals surface area contributed by atoms with E-state index >= 15 is 0 Å². The van der Waals surface area contributed by atoms with Crippen LogP contribution in [0.5, 0.6) is 5.75 Å². The molecule has 0 bridgehead atoms. The van der Waals surface area contributed by atoms with Gasteiger partial charge in [-0.3, -0.25) is 23.7 Å². The number of carbonyl (C=O) groups is 1. The number of ether oxygens (including phenoxy) is 2. The molecule has 2 fully saturated rings. The molecule has 1 aromatic heterocycles. The topological polar surface area (TPSA) is 158 Å². The van der Waals surface area contributed by atoms with Crippen molar-refractivity contribution >= 4 is 13.7 Å². The molecule has 5 atom stereocenters. The highest BCUT2D eigenvalue weighted by Crippen LogP contribution is 2.59. The predicted octanol–water partition coefficient (Wildman–Crippen LogP) is 1.99. The molecular weight excluding hydrogens is 512 g/mol. The van der Waals surface area contributed by atoms with Crippen molar-refractivity contribution in [3.63, 3.8) is 0 Å². The van der Waals surface area contributed by atoms with E-state index in [-0.39, 0.29) is 12.2 Å². The summed E-state index contributed by atoms with van der Waals surface area (Å²) in [6, 6.07) is 7.11. The van der Waals surface area contributed by atoms with Crippen molar-refractivity contribution in [2.75, 3.05) is 0 Å². The van der Waals surface area contributed by atoms with E-state index in [0.29, 0.717) is 19.0 Å². The fraction of sp³-hybridized carbons (Fsp3) is 0.522. The number of nitrogens with zero attached hydrogens (tertiary/aromatic N) is 1. The molecule has 0 amide bonds. The van der Waals surface area contributed by atoms with E-state index in [2.05, 4.69) is 5.09 Å². The van der Waals surface area contributed by atoms with Crippen LogP contribution in [-0.2, 0) is 23.4 Å². The van der Waals surface area contributed by atoms with Gasteiger partial charge in [-0.1, -0.05) is 18.2 Å². The van der Waals surface area contributed by atoms with Gasteiger partial charge in [0, 0.05) is 6.42 Å². The van der Waals surface area contributed by atoms with Crippen LogP contribution in [0, 0.1) is 5.82 Å². The number of para-hydroxylation sites is 1. The number of nitrogens with one attached hydrogen (secondary N) is 2. The number of halogens is 1. The van der Waals surface area contributed by atoms with Gasteiger partial charge in [0.15, 0.2) is 0 Å². The molecule has 0 radical (unpaired) electrons. The van der Waals surface area contributed by atoms with Gasteiger partial charge in [0.1, 0.15) is 29.7 Å². The van der Waals surface area contributed by atoms with Crippen molar-refractivity contribution in [2.24, 2.45) is 0 Å². The summed E-state index contributed by atoms with van der Waals surface area (Å²) in [5, 5.41) is 13.4. The maximum Gasteiger partial charge on any atom is 0.460 e. The van der Waals surface area contributed by atoms with Gasteiger partial charge >= 0.3 is 19.4 Å². The van der Waals surface area contributed by atoms with E-state index in [1.807, 2.05) is 4.98 Å². The number of esters is 1. The van der Waals surface area contributed by atoms with E-state index in [0.717, 1.165) is 4.57 Å². The third-order valence-electron chi connectivity index (χ3n) is 5.92. The molecule has 1 aliphatic carbocycles. The summed E-state index contributed by atoms with van der Waals surface area (Å²) >= 11 is 0. The second-order valence-corrected chi connectivity index (χ2v) is 11.0. The number of aliphatic hydroxyl groups is 1. The number of hydrogen-bond donors (Lipinski definition) is 3. The fourth-order valence-corrected chi connectivity index (χ4v) is 5.97. The van der Waals surface area contributed by atoms with E-state index < -0.39 is 67.0 Å². The summed E-state index contributed by atoms with van der Waals surface area (Å²) in [5.41, 5.74) is -3.36. The third-order valence-corrected chi connectivity index (χ3v) is 7.68. The van der Waals surface area contributed by atoms with Crippen molar-refractivity contribution in [1.29, 1.82) is 0 Å². The van der Waals surface area contributed by atoms with E-state index in [9.17, 15) is 28.4 Å². The van der Waals surface area contributed by atoms with Gasteiger partial charge in [0.05, 0.1) is 18.4 Å². The van der Waals surface area contributed by atoms with Crippen LogP contribution in [-0.4, -0.2) is 50.6 Å². The van der Waals surface area contributed by atoms with Crippen molar-refractivity contribution in [3.05, 3.63) is 63.2 Å². The lowest BCUT2D eigenvalue weighted by Crippen LogP contribution is -2.42. The summed E-state index contributed by atoms with van der Waals surface area (Å²) in [6.45, 7) is 4.80. The number of H-pyrrole nitrogens is 1. The average Bonchev–Trinajstić information content (AvgIpc) is 3.47. The quantitative estimate of drug-likeness (QED) is 0.300. The number of aromatic nitrogens is 2. The molecule has 1 aliphatic heterocycles.